The molecular weight excluding hydrogens is 212 g/mol. The molecule has 7 nitrogen and oxygen atoms in total. The van der Waals surface area contributed by atoms with Gasteiger partial charge < -0.3 is 9.72 Å². The fourth-order valence-corrected chi connectivity index (χ4v) is 1.35. The normalized spacial score (nSPS) is 10.6. The molecule has 2 heterocycles. The van der Waals surface area contributed by atoms with E-state index in [-0.39, 0.29) is 12.1 Å². The highest BCUT2D eigenvalue weighted by Gasteiger charge is 2.10. The van der Waals surface area contributed by atoms with E-state index < -0.39 is 5.97 Å². The first-order chi connectivity index (χ1) is 7.72. The summed E-state index contributed by atoms with van der Waals surface area (Å²) < 4.78 is 6.12. The molecular formula is C9H10N4O3. The van der Waals surface area contributed by atoms with Crippen LogP contribution in [0.4, 0.5) is 0 Å². The van der Waals surface area contributed by atoms with Gasteiger partial charge in [-0.1, -0.05) is 0 Å². The molecule has 0 radical (unpaired) electrons. The summed E-state index contributed by atoms with van der Waals surface area (Å²) >= 11 is 0. The number of H-pyrrole nitrogens is 1. The van der Waals surface area contributed by atoms with Crippen LogP contribution in [-0.4, -0.2) is 32.3 Å². The third-order valence-electron chi connectivity index (χ3n) is 2.02. The number of rotatable bonds is 3. The number of esters is 1. The Kier molecular flexibility index (Phi) is 2.67. The molecule has 0 atom stereocenters. The van der Waals surface area contributed by atoms with Crippen molar-refractivity contribution in [3.8, 4) is 0 Å². The fraction of sp³-hybridized carbons (Fsp3) is 0.333. The molecule has 0 aromatic carbocycles. The molecule has 84 valence electrons. The predicted molar refractivity (Wildman–Crippen MR) is 54.8 cm³/mol. The van der Waals surface area contributed by atoms with Crippen LogP contribution in [0.2, 0.25) is 0 Å². The molecule has 0 fully saturated rings. The number of carbonyl (C=O) groups excluding carboxylic acids is 1. The van der Waals surface area contributed by atoms with Crippen molar-refractivity contribution in [1.29, 1.82) is 0 Å². The predicted octanol–water partition coefficient (Wildman–Crippen LogP) is -0.317. The minimum atomic E-state index is -0.408. The van der Waals surface area contributed by atoms with Gasteiger partial charge in [-0.3, -0.25) is 9.59 Å². The van der Waals surface area contributed by atoms with Crippen LogP contribution in [0.15, 0.2) is 17.3 Å². The van der Waals surface area contributed by atoms with Crippen molar-refractivity contribution in [2.24, 2.45) is 0 Å². The third-order valence-corrected chi connectivity index (χ3v) is 2.02. The zero-order valence-corrected chi connectivity index (χ0v) is 8.64. The molecule has 0 aliphatic carbocycles. The number of nitrogens with zero attached hydrogens (tertiary/aromatic N) is 3. The highest BCUT2D eigenvalue weighted by atomic mass is 16.5. The van der Waals surface area contributed by atoms with E-state index in [1.807, 2.05) is 0 Å². The molecule has 0 aliphatic rings. The second-order valence-electron chi connectivity index (χ2n) is 3.08. The molecule has 0 spiro atoms. The molecule has 2 aromatic rings. The molecule has 2 rings (SSSR count). The fourth-order valence-electron chi connectivity index (χ4n) is 1.35. The topological polar surface area (TPSA) is 89.9 Å². The van der Waals surface area contributed by atoms with Crippen LogP contribution in [0.5, 0.6) is 0 Å². The monoisotopic (exact) mass is 222 g/mol. The SMILES string of the molecule is CCOC(=O)Cn1ncc2c(=O)[nH]cnc21. The summed E-state index contributed by atoms with van der Waals surface area (Å²) in [4.78, 5) is 29.0. The lowest BCUT2D eigenvalue weighted by Crippen LogP contribution is -2.15. The summed E-state index contributed by atoms with van der Waals surface area (Å²) in [5.41, 5.74) is 0.0944. The first-order valence-electron chi connectivity index (χ1n) is 4.77. The van der Waals surface area contributed by atoms with E-state index in [1.165, 1.54) is 17.2 Å². The van der Waals surface area contributed by atoms with E-state index in [2.05, 4.69) is 15.1 Å². The van der Waals surface area contributed by atoms with E-state index in [1.54, 1.807) is 6.92 Å². The second-order valence-corrected chi connectivity index (χ2v) is 3.08. The number of nitrogens with one attached hydrogen (secondary N) is 1. The number of hydrogen-bond acceptors (Lipinski definition) is 5. The molecule has 0 bridgehead atoms. The molecule has 0 unspecified atom stereocenters. The summed E-state index contributed by atoms with van der Waals surface area (Å²) in [5, 5.41) is 4.27. The maximum Gasteiger partial charge on any atom is 0.327 e. The maximum absolute atomic E-state index is 11.3. The van der Waals surface area contributed by atoms with Gasteiger partial charge in [0.05, 0.1) is 19.1 Å². The molecule has 7 heteroatoms. The van der Waals surface area contributed by atoms with Crippen molar-refractivity contribution >= 4 is 17.0 Å². The Hall–Kier alpha value is -2.18. The first-order valence-corrected chi connectivity index (χ1v) is 4.77. The van der Waals surface area contributed by atoms with Crippen molar-refractivity contribution in [2.75, 3.05) is 6.61 Å². The van der Waals surface area contributed by atoms with Gasteiger partial charge in [0.15, 0.2) is 5.65 Å². The Balaban J connectivity index is 2.36. The average Bonchev–Trinajstić information content (AvgIpc) is 2.64. The van der Waals surface area contributed by atoms with Crippen molar-refractivity contribution in [2.45, 2.75) is 13.5 Å². The van der Waals surface area contributed by atoms with E-state index in [4.69, 9.17) is 4.74 Å². The van der Waals surface area contributed by atoms with Crippen LogP contribution >= 0.6 is 0 Å². The highest BCUT2D eigenvalue weighted by molar-refractivity contribution is 5.76. The summed E-state index contributed by atoms with van der Waals surface area (Å²) in [6.45, 7) is 1.99. The molecule has 16 heavy (non-hydrogen) atoms. The number of ether oxygens (including phenoxy) is 1. The van der Waals surface area contributed by atoms with Crippen molar-refractivity contribution in [1.82, 2.24) is 19.7 Å². The summed E-state index contributed by atoms with van der Waals surface area (Å²) in [6.07, 6.45) is 2.65. The van der Waals surface area contributed by atoms with Gasteiger partial charge in [0.1, 0.15) is 11.9 Å². The Morgan fingerprint density at radius 2 is 2.44 bits per heavy atom. The highest BCUT2D eigenvalue weighted by Crippen LogP contribution is 2.04. The Morgan fingerprint density at radius 1 is 1.62 bits per heavy atom. The minimum absolute atomic E-state index is 0.0478. The van der Waals surface area contributed by atoms with Crippen molar-refractivity contribution < 1.29 is 9.53 Å². The smallest absolute Gasteiger partial charge is 0.327 e. The largest absolute Gasteiger partial charge is 0.465 e. The van der Waals surface area contributed by atoms with Crippen LogP contribution in [0.1, 0.15) is 6.92 Å². The van der Waals surface area contributed by atoms with Gasteiger partial charge >= 0.3 is 5.97 Å². The molecule has 0 amide bonds. The van der Waals surface area contributed by atoms with E-state index in [0.29, 0.717) is 17.6 Å². The molecule has 2 aromatic heterocycles. The lowest BCUT2D eigenvalue weighted by Gasteiger charge is -2.02. The average molecular weight is 222 g/mol. The molecule has 0 aliphatic heterocycles. The van der Waals surface area contributed by atoms with Gasteiger partial charge in [0.2, 0.25) is 0 Å². The van der Waals surface area contributed by atoms with Gasteiger partial charge in [0.25, 0.3) is 5.56 Å². The maximum atomic E-state index is 11.3. The third kappa shape index (κ3) is 1.79. The van der Waals surface area contributed by atoms with Gasteiger partial charge in [-0.15, -0.1) is 0 Å². The zero-order chi connectivity index (χ0) is 11.5. The minimum Gasteiger partial charge on any atom is -0.465 e. The van der Waals surface area contributed by atoms with Crippen LogP contribution in [0, 0.1) is 0 Å². The summed E-state index contributed by atoms with van der Waals surface area (Å²) in [7, 11) is 0. The van der Waals surface area contributed by atoms with Crippen LogP contribution in [-0.2, 0) is 16.1 Å². The molecule has 1 N–H and O–H groups in total. The Bertz CT molecular complexity index is 571. The number of fused-ring (bicyclic) bond motifs is 1. The second kappa shape index (κ2) is 4.13. The van der Waals surface area contributed by atoms with E-state index >= 15 is 0 Å². The van der Waals surface area contributed by atoms with Gasteiger partial charge in [-0.25, -0.2) is 9.67 Å². The van der Waals surface area contributed by atoms with E-state index in [9.17, 15) is 9.59 Å². The van der Waals surface area contributed by atoms with Gasteiger partial charge in [-0.2, -0.15) is 5.10 Å². The first kappa shape index (κ1) is 10.3. The van der Waals surface area contributed by atoms with E-state index in [0.717, 1.165) is 0 Å². The standard InChI is InChI=1S/C9H10N4O3/c1-2-16-7(14)4-13-8-6(3-12-13)9(15)11-5-10-8/h3,5H,2,4H2,1H3,(H,10,11,15). The number of hydrogen-bond donors (Lipinski definition) is 1. The lowest BCUT2D eigenvalue weighted by atomic mass is 10.4. The summed E-state index contributed by atoms with van der Waals surface area (Å²) in [6, 6.07) is 0. The van der Waals surface area contributed by atoms with Gasteiger partial charge in [0, 0.05) is 0 Å². The number of aromatic nitrogens is 4. The van der Waals surface area contributed by atoms with Crippen molar-refractivity contribution in [3.63, 3.8) is 0 Å². The molecule has 0 saturated heterocycles. The van der Waals surface area contributed by atoms with Crippen LogP contribution in [0.25, 0.3) is 11.0 Å². The molecule has 0 saturated carbocycles. The van der Waals surface area contributed by atoms with Crippen LogP contribution < -0.4 is 5.56 Å². The quantitative estimate of drug-likeness (QED) is 0.719. The van der Waals surface area contributed by atoms with Crippen molar-refractivity contribution in [3.05, 3.63) is 22.9 Å². The van der Waals surface area contributed by atoms with Gasteiger partial charge in [-0.05, 0) is 6.92 Å². The zero-order valence-electron chi connectivity index (χ0n) is 8.64. The Morgan fingerprint density at radius 3 is 3.19 bits per heavy atom. The lowest BCUT2D eigenvalue weighted by molar-refractivity contribution is -0.143. The van der Waals surface area contributed by atoms with Crippen LogP contribution in [0.3, 0.4) is 0 Å². The number of aromatic amines is 1. The Labute approximate surface area is 90.1 Å². The number of carbonyl (C=O) groups is 1. The summed E-state index contributed by atoms with van der Waals surface area (Å²) in [5.74, 6) is -0.408.